The van der Waals surface area contributed by atoms with Gasteiger partial charge in [-0.3, -0.25) is 24.4 Å². The third-order valence-electron chi connectivity index (χ3n) is 8.18. The highest BCUT2D eigenvalue weighted by molar-refractivity contribution is 5.95. The first-order valence-corrected chi connectivity index (χ1v) is 14.5. The van der Waals surface area contributed by atoms with Gasteiger partial charge in [-0.05, 0) is 53.6 Å². The van der Waals surface area contributed by atoms with Crippen LogP contribution in [0, 0.1) is 39.6 Å². The van der Waals surface area contributed by atoms with Crippen molar-refractivity contribution in [3.8, 4) is 29.8 Å². The molecule has 1 unspecified atom stereocenters. The van der Waals surface area contributed by atoms with Gasteiger partial charge >= 0.3 is 11.2 Å². The highest BCUT2D eigenvalue weighted by Crippen LogP contribution is 2.38. The van der Waals surface area contributed by atoms with E-state index in [1.54, 1.807) is 65.6 Å². The number of terminal acetylenes is 1. The van der Waals surface area contributed by atoms with Gasteiger partial charge in [0.1, 0.15) is 28.8 Å². The summed E-state index contributed by atoms with van der Waals surface area (Å²) in [6.45, 7) is 1.30. The fourth-order valence-corrected chi connectivity index (χ4v) is 6.05. The Balaban J connectivity index is 1.44. The molecule has 11 heteroatoms. The Morgan fingerprint density at radius 3 is 2.33 bits per heavy atom. The monoisotopic (exact) mass is 614 g/mol. The summed E-state index contributed by atoms with van der Waals surface area (Å²) in [6, 6.07) is 24.5. The summed E-state index contributed by atoms with van der Waals surface area (Å²) in [4.78, 5) is 34.2. The molecule has 1 saturated heterocycles. The number of nitro groups is 1. The van der Waals surface area contributed by atoms with Crippen LogP contribution < -0.4 is 10.5 Å². The van der Waals surface area contributed by atoms with Gasteiger partial charge in [0, 0.05) is 43.9 Å². The average molecular weight is 615 g/mol. The number of hydrogen-bond acceptors (Lipinski definition) is 8. The van der Waals surface area contributed by atoms with Gasteiger partial charge in [-0.1, -0.05) is 42.5 Å². The zero-order valence-electron chi connectivity index (χ0n) is 24.5. The summed E-state index contributed by atoms with van der Waals surface area (Å²) in [6.07, 6.45) is 5.81. The maximum atomic E-state index is 14.0. The quantitative estimate of drug-likeness (QED) is 0.152. The summed E-state index contributed by atoms with van der Waals surface area (Å²) in [5, 5.41) is 33.0. The van der Waals surface area contributed by atoms with Crippen molar-refractivity contribution in [3.05, 3.63) is 134 Å². The molecule has 0 radical (unpaired) electrons. The number of fused-ring (bicyclic) bond motifs is 1. The molecule has 0 spiro atoms. The molecule has 1 atom stereocenters. The second-order valence-corrected chi connectivity index (χ2v) is 10.9. The van der Waals surface area contributed by atoms with Gasteiger partial charge in [-0.2, -0.15) is 5.26 Å². The van der Waals surface area contributed by atoms with Crippen LogP contribution in [-0.2, 0) is 6.42 Å². The Morgan fingerprint density at radius 1 is 1.00 bits per heavy atom. The van der Waals surface area contributed by atoms with Crippen LogP contribution in [0.4, 0.5) is 15.8 Å². The number of phenols is 1. The highest BCUT2D eigenvalue weighted by Gasteiger charge is 2.35. The molecule has 3 heterocycles. The highest BCUT2D eigenvalue weighted by atomic mass is 19.1. The van der Waals surface area contributed by atoms with Gasteiger partial charge in [-0.15, -0.1) is 12.3 Å². The van der Waals surface area contributed by atoms with Crippen molar-refractivity contribution < 1.29 is 14.4 Å². The van der Waals surface area contributed by atoms with Crippen molar-refractivity contribution >= 4 is 22.4 Å². The number of piperazine rings is 1. The van der Waals surface area contributed by atoms with E-state index in [0.717, 1.165) is 11.1 Å². The number of pyridine rings is 2. The molecular weight excluding hydrogens is 587 g/mol. The zero-order chi connectivity index (χ0) is 32.4. The van der Waals surface area contributed by atoms with Crippen LogP contribution in [0.15, 0.2) is 89.7 Å². The van der Waals surface area contributed by atoms with Crippen molar-refractivity contribution in [2.45, 2.75) is 12.5 Å². The fraction of sp³-hybridized carbons (Fsp3) is 0.171. The largest absolute Gasteiger partial charge is 0.508 e. The van der Waals surface area contributed by atoms with E-state index in [2.05, 4.69) is 15.8 Å². The molecule has 0 saturated carbocycles. The van der Waals surface area contributed by atoms with Crippen LogP contribution in [0.1, 0.15) is 28.4 Å². The molecule has 1 aliphatic rings. The molecule has 10 nitrogen and oxygen atoms in total. The first-order chi connectivity index (χ1) is 22.3. The normalized spacial score (nSPS) is 14.0. The zero-order valence-corrected chi connectivity index (χ0v) is 24.5. The minimum absolute atomic E-state index is 0.0443. The SMILES string of the molecule is C#CCc1ccc(-n2c(=O)c([N+](=O)[O-])c(N3CCN(C(c4ccc(F)cc4)c4ccccc4O)CC3)c3nc(C#N)ccc32)cc1. The Labute approximate surface area is 263 Å². The number of aromatic hydroxyl groups is 1. The van der Waals surface area contributed by atoms with E-state index in [0.29, 0.717) is 36.3 Å². The Morgan fingerprint density at radius 2 is 1.70 bits per heavy atom. The number of nitriles is 1. The number of anilines is 1. The number of phenolic OH excluding ortho intramolecular Hbond substituents is 1. The summed E-state index contributed by atoms with van der Waals surface area (Å²) in [7, 11) is 0. The Bertz CT molecular complexity index is 2090. The second kappa shape index (κ2) is 12.5. The van der Waals surface area contributed by atoms with Gasteiger partial charge in [0.25, 0.3) is 0 Å². The van der Waals surface area contributed by atoms with Crippen LogP contribution in [0.2, 0.25) is 0 Å². The molecule has 6 rings (SSSR count). The van der Waals surface area contributed by atoms with Gasteiger partial charge in [0.15, 0.2) is 5.69 Å². The van der Waals surface area contributed by atoms with Crippen molar-refractivity contribution in [3.63, 3.8) is 0 Å². The van der Waals surface area contributed by atoms with Crippen LogP contribution in [0.5, 0.6) is 5.75 Å². The Kier molecular flexibility index (Phi) is 8.17. The molecule has 46 heavy (non-hydrogen) atoms. The molecule has 228 valence electrons. The molecule has 5 aromatic rings. The predicted molar refractivity (Wildman–Crippen MR) is 171 cm³/mol. The summed E-state index contributed by atoms with van der Waals surface area (Å²) < 4.78 is 15.1. The molecule has 1 fully saturated rings. The molecule has 0 bridgehead atoms. The fourth-order valence-electron chi connectivity index (χ4n) is 6.05. The smallest absolute Gasteiger partial charge is 0.359 e. The number of nitrogens with zero attached hydrogens (tertiary/aromatic N) is 6. The van der Waals surface area contributed by atoms with E-state index in [4.69, 9.17) is 6.42 Å². The summed E-state index contributed by atoms with van der Waals surface area (Å²) >= 11 is 0. The van der Waals surface area contributed by atoms with Crippen LogP contribution in [0.3, 0.4) is 0 Å². The van der Waals surface area contributed by atoms with Crippen LogP contribution >= 0.6 is 0 Å². The average Bonchev–Trinajstić information content (AvgIpc) is 3.07. The van der Waals surface area contributed by atoms with Gasteiger partial charge < -0.3 is 10.0 Å². The molecule has 0 aliphatic carbocycles. The van der Waals surface area contributed by atoms with Gasteiger partial charge in [-0.25, -0.2) is 9.37 Å². The Hall–Kier alpha value is -6.04. The first-order valence-electron chi connectivity index (χ1n) is 14.5. The maximum Gasteiger partial charge on any atom is 0.359 e. The minimum Gasteiger partial charge on any atom is -0.508 e. The molecule has 3 aromatic carbocycles. The van der Waals surface area contributed by atoms with E-state index < -0.39 is 22.2 Å². The van der Waals surface area contributed by atoms with E-state index in [1.165, 1.54) is 22.8 Å². The molecular formula is C35H27FN6O4. The lowest BCUT2D eigenvalue weighted by Crippen LogP contribution is -2.48. The number of hydrogen-bond donors (Lipinski definition) is 1. The maximum absolute atomic E-state index is 14.0. The van der Waals surface area contributed by atoms with Crippen molar-refractivity contribution in [1.82, 2.24) is 14.5 Å². The van der Waals surface area contributed by atoms with E-state index in [1.807, 2.05) is 12.1 Å². The lowest BCUT2D eigenvalue weighted by molar-refractivity contribution is -0.385. The standard InChI is InChI=1S/C35H27FN6O4/c1-2-5-23-8-15-27(16-9-23)41-29-17-14-26(22-37)38-31(29)33(34(35(41)44)42(45)46)40-20-18-39(19-21-40)32(24-10-12-25(36)13-11-24)28-6-3-4-7-30(28)43/h1,3-4,6-17,32,43H,5,18-21H2. The van der Waals surface area contributed by atoms with Crippen LogP contribution in [-0.4, -0.2) is 50.7 Å². The number of aromatic nitrogens is 2. The van der Waals surface area contributed by atoms with Crippen molar-refractivity contribution in [1.29, 1.82) is 5.26 Å². The molecule has 1 aliphatic heterocycles. The molecule has 1 N–H and O–H groups in total. The lowest BCUT2D eigenvalue weighted by atomic mass is 9.95. The third-order valence-corrected chi connectivity index (χ3v) is 8.18. The second-order valence-electron chi connectivity index (χ2n) is 10.9. The summed E-state index contributed by atoms with van der Waals surface area (Å²) in [5.41, 5.74) is 1.73. The van der Waals surface area contributed by atoms with Crippen LogP contribution in [0.25, 0.3) is 16.7 Å². The van der Waals surface area contributed by atoms with E-state index >= 15 is 0 Å². The van der Waals surface area contributed by atoms with Crippen molar-refractivity contribution in [2.75, 3.05) is 31.1 Å². The summed E-state index contributed by atoms with van der Waals surface area (Å²) in [5.74, 6) is 2.27. The van der Waals surface area contributed by atoms with Crippen molar-refractivity contribution in [2.24, 2.45) is 0 Å². The number of benzene rings is 3. The van der Waals surface area contributed by atoms with Gasteiger partial charge in [0.2, 0.25) is 0 Å². The number of para-hydroxylation sites is 1. The topological polar surface area (TPSA) is 129 Å². The molecule has 2 aromatic heterocycles. The van der Waals surface area contributed by atoms with E-state index in [9.17, 15) is 29.7 Å². The van der Waals surface area contributed by atoms with E-state index in [-0.39, 0.29) is 41.6 Å². The minimum atomic E-state index is -0.829. The number of rotatable bonds is 7. The predicted octanol–water partition coefficient (Wildman–Crippen LogP) is 5.10. The first kappa shape index (κ1) is 30.0. The number of halogens is 1. The van der Waals surface area contributed by atoms with Gasteiger partial charge in [0.05, 0.1) is 16.5 Å². The molecule has 0 amide bonds. The third kappa shape index (κ3) is 5.52. The lowest BCUT2D eigenvalue weighted by Gasteiger charge is -2.40.